The molecule has 25 heavy (non-hydrogen) atoms. The van der Waals surface area contributed by atoms with Gasteiger partial charge < -0.3 is 9.88 Å². The number of carbonyl (C=O) groups is 1. The number of carbonyl (C=O) groups excluding carboxylic acids is 1. The second-order valence-electron chi connectivity index (χ2n) is 6.00. The van der Waals surface area contributed by atoms with Crippen LogP contribution in [-0.4, -0.2) is 15.5 Å². The smallest absolute Gasteiger partial charge is 0.251 e. The van der Waals surface area contributed by atoms with Crippen LogP contribution in [0.15, 0.2) is 78.9 Å². The lowest BCUT2D eigenvalue weighted by atomic mass is 10.1. The first-order valence-corrected chi connectivity index (χ1v) is 8.25. The van der Waals surface area contributed by atoms with Crippen LogP contribution in [0.4, 0.5) is 5.69 Å². The van der Waals surface area contributed by atoms with E-state index in [4.69, 9.17) is 0 Å². The average Bonchev–Trinajstić information content (AvgIpc) is 3.17. The summed E-state index contributed by atoms with van der Waals surface area (Å²) in [6, 6.07) is 17.9. The van der Waals surface area contributed by atoms with Crippen molar-refractivity contribution in [1.82, 2.24) is 9.55 Å². The molecule has 126 valence electrons. The highest BCUT2D eigenvalue weighted by atomic mass is 16.1. The summed E-state index contributed by atoms with van der Waals surface area (Å²) in [7, 11) is 0. The summed E-state index contributed by atoms with van der Waals surface area (Å²) < 4.78 is 2.04. The number of amides is 1. The molecule has 4 nitrogen and oxygen atoms in total. The Morgan fingerprint density at radius 1 is 1.12 bits per heavy atom. The third-order valence-corrected chi connectivity index (χ3v) is 4.16. The van der Waals surface area contributed by atoms with Gasteiger partial charge in [0.15, 0.2) is 0 Å². The maximum absolute atomic E-state index is 12.3. The number of rotatable bonds is 5. The van der Waals surface area contributed by atoms with Crippen molar-refractivity contribution in [1.29, 1.82) is 0 Å². The van der Waals surface area contributed by atoms with Gasteiger partial charge in [-0.2, -0.15) is 0 Å². The van der Waals surface area contributed by atoms with Crippen LogP contribution < -0.4 is 5.32 Å². The van der Waals surface area contributed by atoms with Crippen molar-refractivity contribution >= 4 is 17.7 Å². The molecule has 1 N–H and O–H groups in total. The van der Waals surface area contributed by atoms with E-state index >= 15 is 0 Å². The Labute approximate surface area is 147 Å². The number of nitrogens with one attached hydrogen (secondary N) is 1. The van der Waals surface area contributed by atoms with E-state index in [1.54, 1.807) is 12.5 Å². The molecule has 1 unspecified atom stereocenters. The van der Waals surface area contributed by atoms with Crippen molar-refractivity contribution in [3.8, 4) is 0 Å². The largest absolute Gasteiger partial charge is 0.330 e. The Kier molecular flexibility index (Phi) is 5.09. The van der Waals surface area contributed by atoms with Crippen LogP contribution in [0.5, 0.6) is 0 Å². The lowest BCUT2D eigenvalue weighted by Gasteiger charge is -2.14. The molecule has 3 rings (SSSR count). The molecule has 0 saturated carbocycles. The number of anilines is 1. The zero-order valence-corrected chi connectivity index (χ0v) is 14.4. The van der Waals surface area contributed by atoms with Crippen molar-refractivity contribution in [3.63, 3.8) is 0 Å². The SMILES string of the molecule is C/C(=C\c1ccccc1)C(=O)Nc1ccc(C(C)n2ccnc2)cc1. The minimum atomic E-state index is -0.0979. The maximum Gasteiger partial charge on any atom is 0.251 e. The average molecular weight is 331 g/mol. The van der Waals surface area contributed by atoms with Gasteiger partial charge in [-0.1, -0.05) is 42.5 Å². The fraction of sp³-hybridized carbons (Fsp3) is 0.143. The molecule has 0 saturated heterocycles. The van der Waals surface area contributed by atoms with Gasteiger partial charge in [0.25, 0.3) is 5.91 Å². The molecule has 1 aromatic heterocycles. The van der Waals surface area contributed by atoms with Gasteiger partial charge in [-0.05, 0) is 43.2 Å². The highest BCUT2D eigenvalue weighted by Crippen LogP contribution is 2.20. The second-order valence-corrected chi connectivity index (χ2v) is 6.00. The summed E-state index contributed by atoms with van der Waals surface area (Å²) in [4.78, 5) is 16.4. The third-order valence-electron chi connectivity index (χ3n) is 4.16. The monoisotopic (exact) mass is 331 g/mol. The van der Waals surface area contributed by atoms with E-state index in [9.17, 15) is 4.79 Å². The fourth-order valence-corrected chi connectivity index (χ4v) is 2.61. The summed E-state index contributed by atoms with van der Waals surface area (Å²) in [6.45, 7) is 3.93. The number of nitrogens with zero attached hydrogens (tertiary/aromatic N) is 2. The third kappa shape index (κ3) is 4.23. The number of imidazole rings is 1. The molecule has 2 aromatic carbocycles. The van der Waals surface area contributed by atoms with Gasteiger partial charge >= 0.3 is 0 Å². The first kappa shape index (κ1) is 16.7. The number of aromatic nitrogens is 2. The molecule has 0 fully saturated rings. The molecular formula is C21H21N3O. The van der Waals surface area contributed by atoms with Gasteiger partial charge in [-0.3, -0.25) is 4.79 Å². The molecular weight excluding hydrogens is 310 g/mol. The lowest BCUT2D eigenvalue weighted by molar-refractivity contribution is -0.112. The highest BCUT2D eigenvalue weighted by molar-refractivity contribution is 6.06. The summed E-state index contributed by atoms with van der Waals surface area (Å²) in [5.74, 6) is -0.0979. The van der Waals surface area contributed by atoms with Crippen LogP contribution in [0.1, 0.15) is 31.0 Å². The Hall–Kier alpha value is -3.14. The van der Waals surface area contributed by atoms with Crippen molar-refractivity contribution in [2.24, 2.45) is 0 Å². The molecule has 0 bridgehead atoms. The fourth-order valence-electron chi connectivity index (χ4n) is 2.61. The van der Waals surface area contributed by atoms with Crippen molar-refractivity contribution in [3.05, 3.63) is 90.0 Å². The van der Waals surface area contributed by atoms with Gasteiger partial charge in [-0.15, -0.1) is 0 Å². The summed E-state index contributed by atoms with van der Waals surface area (Å²) in [6.07, 6.45) is 7.40. The highest BCUT2D eigenvalue weighted by Gasteiger charge is 2.08. The standard InChI is InChI=1S/C21H21N3O/c1-16(14-18-6-4-3-5-7-18)21(25)23-20-10-8-19(9-11-20)17(2)24-13-12-22-15-24/h3-15,17H,1-2H3,(H,23,25)/b16-14+. The first-order valence-electron chi connectivity index (χ1n) is 8.25. The van der Waals surface area contributed by atoms with Gasteiger partial charge in [0.2, 0.25) is 0 Å². The normalized spacial score (nSPS) is 12.6. The zero-order chi connectivity index (χ0) is 17.6. The minimum absolute atomic E-state index is 0.0979. The first-order chi connectivity index (χ1) is 12.1. The predicted molar refractivity (Wildman–Crippen MR) is 101 cm³/mol. The number of hydrogen-bond donors (Lipinski definition) is 1. The van der Waals surface area contributed by atoms with E-state index in [0.29, 0.717) is 5.57 Å². The van der Waals surface area contributed by atoms with E-state index in [-0.39, 0.29) is 11.9 Å². The molecule has 3 aromatic rings. The van der Waals surface area contributed by atoms with Gasteiger partial charge in [0.05, 0.1) is 12.4 Å². The molecule has 1 heterocycles. The quantitative estimate of drug-likeness (QED) is 0.698. The van der Waals surface area contributed by atoms with Crippen LogP contribution in [0.2, 0.25) is 0 Å². The van der Waals surface area contributed by atoms with Crippen LogP contribution in [0.3, 0.4) is 0 Å². The molecule has 4 heteroatoms. The molecule has 0 aliphatic heterocycles. The maximum atomic E-state index is 12.3. The van der Waals surface area contributed by atoms with E-state index in [2.05, 4.69) is 17.2 Å². The lowest BCUT2D eigenvalue weighted by Crippen LogP contribution is -2.12. The zero-order valence-electron chi connectivity index (χ0n) is 14.4. The Morgan fingerprint density at radius 3 is 2.48 bits per heavy atom. The van der Waals surface area contributed by atoms with Gasteiger partial charge in [0.1, 0.15) is 0 Å². The Balaban J connectivity index is 1.67. The molecule has 0 aliphatic carbocycles. The van der Waals surface area contributed by atoms with E-state index in [1.165, 1.54) is 0 Å². The molecule has 1 amide bonds. The van der Waals surface area contributed by atoms with E-state index in [0.717, 1.165) is 16.8 Å². The summed E-state index contributed by atoms with van der Waals surface area (Å²) >= 11 is 0. The van der Waals surface area contributed by atoms with Crippen LogP contribution in [0.25, 0.3) is 6.08 Å². The number of benzene rings is 2. The molecule has 1 atom stereocenters. The topological polar surface area (TPSA) is 46.9 Å². The van der Waals surface area contributed by atoms with Crippen LogP contribution in [0, 0.1) is 0 Å². The summed E-state index contributed by atoms with van der Waals surface area (Å²) in [5.41, 5.74) is 3.63. The van der Waals surface area contributed by atoms with Crippen molar-refractivity contribution in [2.45, 2.75) is 19.9 Å². The number of hydrogen-bond acceptors (Lipinski definition) is 2. The molecule has 0 spiro atoms. The molecule has 0 radical (unpaired) electrons. The Bertz CT molecular complexity index is 850. The van der Waals surface area contributed by atoms with Crippen molar-refractivity contribution < 1.29 is 4.79 Å². The van der Waals surface area contributed by atoms with Crippen molar-refractivity contribution in [2.75, 3.05) is 5.32 Å². The minimum Gasteiger partial charge on any atom is -0.330 e. The Morgan fingerprint density at radius 2 is 1.84 bits per heavy atom. The van der Waals surface area contributed by atoms with Gasteiger partial charge in [0, 0.05) is 23.7 Å². The van der Waals surface area contributed by atoms with E-state index in [1.807, 2.05) is 78.4 Å². The van der Waals surface area contributed by atoms with Crippen LogP contribution >= 0.6 is 0 Å². The van der Waals surface area contributed by atoms with Crippen LogP contribution in [-0.2, 0) is 4.79 Å². The molecule has 0 aliphatic rings. The summed E-state index contributed by atoms with van der Waals surface area (Å²) in [5, 5.41) is 2.94. The van der Waals surface area contributed by atoms with E-state index < -0.39 is 0 Å². The predicted octanol–water partition coefficient (Wildman–Crippen LogP) is 4.53. The van der Waals surface area contributed by atoms with Gasteiger partial charge in [-0.25, -0.2) is 4.98 Å². The second kappa shape index (κ2) is 7.62.